The molecule has 140 valence electrons. The molecule has 2 N–H and O–H groups in total. The van der Waals surface area contributed by atoms with Gasteiger partial charge in [0.05, 0.1) is 17.5 Å². The summed E-state index contributed by atoms with van der Waals surface area (Å²) in [5.41, 5.74) is 0.740. The van der Waals surface area contributed by atoms with Crippen LogP contribution in [0.1, 0.15) is 51.5 Å². The summed E-state index contributed by atoms with van der Waals surface area (Å²) in [6.45, 7) is 5.75. The molecule has 1 aliphatic rings. The van der Waals surface area contributed by atoms with Gasteiger partial charge in [0, 0.05) is 6.04 Å². The fraction of sp³-hybridized carbons (Fsp3) is 0.611. The van der Waals surface area contributed by atoms with Crippen molar-refractivity contribution in [3.63, 3.8) is 0 Å². The van der Waals surface area contributed by atoms with Gasteiger partial charge in [0.15, 0.2) is 0 Å². The largest absolute Gasteiger partial charge is 0.494 e. The molecule has 0 radical (unpaired) electrons. The zero-order chi connectivity index (χ0) is 18.4. The van der Waals surface area contributed by atoms with Crippen LogP contribution in [0.15, 0.2) is 23.1 Å². The first kappa shape index (κ1) is 19.7. The van der Waals surface area contributed by atoms with Gasteiger partial charge in [-0.1, -0.05) is 19.3 Å². The van der Waals surface area contributed by atoms with Crippen molar-refractivity contribution in [2.45, 2.75) is 69.9 Å². The third kappa shape index (κ3) is 5.44. The molecule has 1 aromatic carbocycles. The fourth-order valence-corrected chi connectivity index (χ4v) is 4.32. The van der Waals surface area contributed by atoms with Gasteiger partial charge in [-0.2, -0.15) is 4.72 Å². The van der Waals surface area contributed by atoms with Gasteiger partial charge in [0.25, 0.3) is 0 Å². The number of amides is 1. The summed E-state index contributed by atoms with van der Waals surface area (Å²) >= 11 is 0. The second-order valence-corrected chi connectivity index (χ2v) is 8.26. The van der Waals surface area contributed by atoms with E-state index in [4.69, 9.17) is 4.74 Å². The van der Waals surface area contributed by atoms with Gasteiger partial charge >= 0.3 is 0 Å². The van der Waals surface area contributed by atoms with E-state index in [0.717, 1.165) is 31.2 Å². The summed E-state index contributed by atoms with van der Waals surface area (Å²) in [7, 11) is -3.77. The smallest absolute Gasteiger partial charge is 0.241 e. The number of carbonyl (C=O) groups is 1. The van der Waals surface area contributed by atoms with Gasteiger partial charge < -0.3 is 10.1 Å². The maximum atomic E-state index is 12.5. The molecule has 1 saturated carbocycles. The normalized spacial score (nSPS) is 17.1. The lowest BCUT2D eigenvalue weighted by molar-refractivity contribution is -0.123. The first-order valence-corrected chi connectivity index (χ1v) is 10.4. The highest BCUT2D eigenvalue weighted by Crippen LogP contribution is 2.22. The van der Waals surface area contributed by atoms with Gasteiger partial charge in [0.2, 0.25) is 15.9 Å². The molecule has 0 heterocycles. The maximum absolute atomic E-state index is 12.5. The quantitative estimate of drug-likeness (QED) is 0.774. The number of benzene rings is 1. The van der Waals surface area contributed by atoms with Crippen LogP contribution in [0.4, 0.5) is 0 Å². The van der Waals surface area contributed by atoms with Crippen molar-refractivity contribution in [1.82, 2.24) is 10.0 Å². The predicted octanol–water partition coefficient (Wildman–Crippen LogP) is 2.51. The van der Waals surface area contributed by atoms with Crippen molar-refractivity contribution < 1.29 is 17.9 Å². The number of sulfonamides is 1. The van der Waals surface area contributed by atoms with Crippen LogP contribution < -0.4 is 14.8 Å². The van der Waals surface area contributed by atoms with Crippen LogP contribution in [0.25, 0.3) is 0 Å². The molecule has 0 spiro atoms. The van der Waals surface area contributed by atoms with E-state index < -0.39 is 16.1 Å². The minimum Gasteiger partial charge on any atom is -0.494 e. The van der Waals surface area contributed by atoms with Crippen LogP contribution in [0, 0.1) is 6.92 Å². The van der Waals surface area contributed by atoms with Crippen LogP contribution >= 0.6 is 0 Å². The number of carbonyl (C=O) groups excluding carboxylic acids is 1. The first-order chi connectivity index (χ1) is 11.8. The highest BCUT2D eigenvalue weighted by atomic mass is 32.2. The van der Waals surface area contributed by atoms with Gasteiger partial charge in [-0.05, 0) is 57.4 Å². The number of hydrogen-bond donors (Lipinski definition) is 2. The van der Waals surface area contributed by atoms with E-state index in [1.165, 1.54) is 12.5 Å². The van der Waals surface area contributed by atoms with Crippen molar-refractivity contribution >= 4 is 15.9 Å². The standard InChI is InChI=1S/C18H28N2O4S/c1-4-24-17-11-10-16(12-13(17)2)25(22,23)20-14(3)18(21)19-15-8-6-5-7-9-15/h10-12,14-15,20H,4-9H2,1-3H3,(H,19,21)/t14-/m0/s1. The number of hydrogen-bond acceptors (Lipinski definition) is 4. The first-order valence-electron chi connectivity index (χ1n) is 8.89. The number of rotatable bonds is 7. The van der Waals surface area contributed by atoms with Crippen LogP contribution in [-0.4, -0.2) is 33.0 Å². The second-order valence-electron chi connectivity index (χ2n) is 6.55. The lowest BCUT2D eigenvalue weighted by Crippen LogP contribution is -2.48. The highest BCUT2D eigenvalue weighted by Gasteiger charge is 2.24. The molecule has 1 aromatic rings. The molecule has 0 aliphatic heterocycles. The molecule has 1 atom stereocenters. The number of nitrogens with one attached hydrogen (secondary N) is 2. The Morgan fingerprint density at radius 3 is 2.56 bits per heavy atom. The van der Waals surface area contributed by atoms with Gasteiger partial charge in [-0.15, -0.1) is 0 Å². The van der Waals surface area contributed by atoms with Crippen molar-refractivity contribution in [2.24, 2.45) is 0 Å². The minimum atomic E-state index is -3.77. The lowest BCUT2D eigenvalue weighted by atomic mass is 9.95. The van der Waals surface area contributed by atoms with Crippen molar-refractivity contribution in [3.8, 4) is 5.75 Å². The lowest BCUT2D eigenvalue weighted by Gasteiger charge is -2.24. The molecule has 0 saturated heterocycles. The van der Waals surface area contributed by atoms with Gasteiger partial charge in [0.1, 0.15) is 5.75 Å². The molecule has 0 bridgehead atoms. The predicted molar refractivity (Wildman–Crippen MR) is 97.1 cm³/mol. The van der Waals surface area contributed by atoms with Crippen LogP contribution in [0.2, 0.25) is 0 Å². The third-order valence-corrected chi connectivity index (χ3v) is 5.97. The molecule has 0 aromatic heterocycles. The van der Waals surface area contributed by atoms with Crippen molar-refractivity contribution in [1.29, 1.82) is 0 Å². The molecule has 6 nitrogen and oxygen atoms in total. The Bertz CT molecular complexity index is 697. The molecule has 25 heavy (non-hydrogen) atoms. The Kier molecular flexibility index (Phi) is 6.84. The molecule has 0 unspecified atom stereocenters. The molecular weight excluding hydrogens is 340 g/mol. The van der Waals surface area contributed by atoms with Gasteiger partial charge in [-0.3, -0.25) is 4.79 Å². The minimum absolute atomic E-state index is 0.130. The van der Waals surface area contributed by atoms with E-state index in [-0.39, 0.29) is 16.8 Å². The maximum Gasteiger partial charge on any atom is 0.241 e. The summed E-state index contributed by atoms with van der Waals surface area (Å²) in [6, 6.07) is 4.02. The van der Waals surface area contributed by atoms with Crippen LogP contribution in [0.3, 0.4) is 0 Å². The van der Waals surface area contributed by atoms with Crippen molar-refractivity contribution in [3.05, 3.63) is 23.8 Å². The Morgan fingerprint density at radius 2 is 1.96 bits per heavy atom. The topological polar surface area (TPSA) is 84.5 Å². The summed E-state index contributed by atoms with van der Waals surface area (Å²) < 4.78 is 32.9. The third-order valence-electron chi connectivity index (χ3n) is 4.43. The summed E-state index contributed by atoms with van der Waals surface area (Å²) in [5, 5.41) is 2.94. The summed E-state index contributed by atoms with van der Waals surface area (Å²) in [6.07, 6.45) is 5.34. The molecule has 1 aliphatic carbocycles. The van der Waals surface area contributed by atoms with E-state index in [1.807, 2.05) is 6.92 Å². The zero-order valence-electron chi connectivity index (χ0n) is 15.2. The van der Waals surface area contributed by atoms with Crippen LogP contribution in [0.5, 0.6) is 5.75 Å². The summed E-state index contributed by atoms with van der Waals surface area (Å²) in [5.74, 6) is 0.377. The van der Waals surface area contributed by atoms with E-state index in [2.05, 4.69) is 10.0 Å². The summed E-state index contributed by atoms with van der Waals surface area (Å²) in [4.78, 5) is 12.4. The van der Waals surface area contributed by atoms with E-state index in [0.29, 0.717) is 12.4 Å². The molecule has 1 amide bonds. The zero-order valence-corrected chi connectivity index (χ0v) is 16.0. The Labute approximate surface area is 150 Å². The monoisotopic (exact) mass is 368 g/mol. The van der Waals surface area contributed by atoms with E-state index in [1.54, 1.807) is 26.0 Å². The van der Waals surface area contributed by atoms with E-state index in [9.17, 15) is 13.2 Å². The Balaban J connectivity index is 2.01. The molecule has 2 rings (SSSR count). The Morgan fingerprint density at radius 1 is 1.28 bits per heavy atom. The average Bonchev–Trinajstić information content (AvgIpc) is 2.57. The average molecular weight is 368 g/mol. The van der Waals surface area contributed by atoms with Gasteiger partial charge in [-0.25, -0.2) is 8.42 Å². The fourth-order valence-electron chi connectivity index (χ4n) is 3.03. The molecular formula is C18H28N2O4S. The highest BCUT2D eigenvalue weighted by molar-refractivity contribution is 7.89. The second kappa shape index (κ2) is 8.67. The number of ether oxygens (including phenoxy) is 1. The van der Waals surface area contributed by atoms with E-state index >= 15 is 0 Å². The van der Waals surface area contributed by atoms with Crippen LogP contribution in [-0.2, 0) is 14.8 Å². The van der Waals surface area contributed by atoms with Crippen molar-refractivity contribution in [2.75, 3.05) is 6.61 Å². The Hall–Kier alpha value is -1.60. The SMILES string of the molecule is CCOc1ccc(S(=O)(=O)N[C@@H](C)C(=O)NC2CCCCC2)cc1C. The molecule has 7 heteroatoms. The molecule has 1 fully saturated rings. The number of aryl methyl sites for hydroxylation is 1.